The molecule has 2 N–H and O–H groups in total. The summed E-state index contributed by atoms with van der Waals surface area (Å²) in [6.07, 6.45) is 0. The third-order valence-corrected chi connectivity index (χ3v) is 3.96. The van der Waals surface area contributed by atoms with Gasteiger partial charge in [0.05, 0.1) is 16.7 Å². The van der Waals surface area contributed by atoms with E-state index < -0.39 is 0 Å². The number of nitrogens with two attached hydrogens (primary N) is 1. The predicted octanol–water partition coefficient (Wildman–Crippen LogP) is 4.05. The van der Waals surface area contributed by atoms with Gasteiger partial charge in [0.2, 0.25) is 0 Å². The molecule has 1 heterocycles. The van der Waals surface area contributed by atoms with E-state index in [1.54, 1.807) is 4.68 Å². The summed E-state index contributed by atoms with van der Waals surface area (Å²) in [7, 11) is 0. The van der Waals surface area contributed by atoms with Crippen molar-refractivity contribution in [3.63, 3.8) is 0 Å². The molecule has 3 nitrogen and oxygen atoms in total. The molecule has 0 aliphatic rings. The van der Waals surface area contributed by atoms with Crippen molar-refractivity contribution < 1.29 is 0 Å². The molecule has 2 aromatic rings. The van der Waals surface area contributed by atoms with Gasteiger partial charge >= 0.3 is 0 Å². The molecule has 0 atom stereocenters. The summed E-state index contributed by atoms with van der Waals surface area (Å²) in [6.45, 7) is 4.76. The molecule has 0 radical (unpaired) electrons. The summed E-state index contributed by atoms with van der Waals surface area (Å²) < 4.78 is 2.66. The number of anilines is 1. The first-order valence-electron chi connectivity index (χ1n) is 5.75. The molecular weight excluding hydrogens is 314 g/mol. The zero-order chi connectivity index (χ0) is 13.3. The molecule has 1 aromatic carbocycles. The third kappa shape index (κ3) is 2.54. The minimum Gasteiger partial charge on any atom is -0.383 e. The molecule has 0 saturated heterocycles. The Morgan fingerprint density at radius 2 is 2.06 bits per heavy atom. The number of nitrogen functional groups attached to an aromatic ring is 1. The Balaban J connectivity index is 2.36. The summed E-state index contributed by atoms with van der Waals surface area (Å²) in [4.78, 5) is 0. The topological polar surface area (TPSA) is 43.8 Å². The van der Waals surface area contributed by atoms with Gasteiger partial charge in [-0.15, -0.1) is 0 Å². The number of benzene rings is 1. The molecule has 0 fully saturated rings. The van der Waals surface area contributed by atoms with Gasteiger partial charge in [-0.25, -0.2) is 4.68 Å². The second kappa shape index (κ2) is 5.33. The molecule has 0 aliphatic heterocycles. The van der Waals surface area contributed by atoms with Crippen LogP contribution in [0.25, 0.3) is 0 Å². The smallest absolute Gasteiger partial charge is 0.136 e. The summed E-state index contributed by atoms with van der Waals surface area (Å²) in [6, 6.07) is 7.72. The van der Waals surface area contributed by atoms with Gasteiger partial charge in [0.1, 0.15) is 5.82 Å². The lowest BCUT2D eigenvalue weighted by atomic mass is 10.1. The lowest BCUT2D eigenvalue weighted by Gasteiger charge is -2.06. The second-order valence-corrected chi connectivity index (χ2v) is 5.69. The summed E-state index contributed by atoms with van der Waals surface area (Å²) in [5.74, 6) is 0.966. The van der Waals surface area contributed by atoms with Gasteiger partial charge in [-0.2, -0.15) is 5.10 Å². The van der Waals surface area contributed by atoms with Crippen molar-refractivity contribution in [1.29, 1.82) is 0 Å². The van der Waals surface area contributed by atoms with Crippen LogP contribution in [-0.4, -0.2) is 9.78 Å². The molecular formula is C13H15BrClN3. The molecule has 0 amide bonds. The second-order valence-electron chi connectivity index (χ2n) is 4.49. The van der Waals surface area contributed by atoms with Crippen molar-refractivity contribution in [3.8, 4) is 0 Å². The Labute approximate surface area is 120 Å². The van der Waals surface area contributed by atoms with E-state index in [2.05, 4.69) is 34.9 Å². The van der Waals surface area contributed by atoms with Crippen LogP contribution in [0.3, 0.4) is 0 Å². The highest BCUT2D eigenvalue weighted by molar-refractivity contribution is 9.10. The Kier molecular flexibility index (Phi) is 3.97. The molecule has 2 rings (SSSR count). The number of nitrogens with zero attached hydrogens (tertiary/aromatic N) is 2. The first kappa shape index (κ1) is 13.4. The van der Waals surface area contributed by atoms with E-state index in [0.717, 1.165) is 20.8 Å². The van der Waals surface area contributed by atoms with E-state index in [1.807, 2.05) is 24.3 Å². The predicted molar refractivity (Wildman–Crippen MR) is 79.0 cm³/mol. The van der Waals surface area contributed by atoms with Gasteiger partial charge in [0.25, 0.3) is 0 Å². The lowest BCUT2D eigenvalue weighted by molar-refractivity contribution is 0.664. The molecule has 0 unspecified atom stereocenters. The molecule has 96 valence electrons. The van der Waals surface area contributed by atoms with E-state index in [4.69, 9.17) is 17.3 Å². The highest BCUT2D eigenvalue weighted by atomic mass is 79.9. The van der Waals surface area contributed by atoms with Crippen LogP contribution in [0.4, 0.5) is 5.82 Å². The van der Waals surface area contributed by atoms with Gasteiger partial charge in [0, 0.05) is 5.02 Å². The molecule has 0 saturated carbocycles. The van der Waals surface area contributed by atoms with Crippen LogP contribution in [0.5, 0.6) is 0 Å². The van der Waals surface area contributed by atoms with Crippen molar-refractivity contribution in [2.45, 2.75) is 26.3 Å². The molecule has 0 spiro atoms. The maximum atomic E-state index is 6.14. The number of hydrogen-bond donors (Lipinski definition) is 1. The largest absolute Gasteiger partial charge is 0.383 e. The van der Waals surface area contributed by atoms with E-state index in [0.29, 0.717) is 18.3 Å². The highest BCUT2D eigenvalue weighted by Gasteiger charge is 2.16. The SMILES string of the molecule is CC(C)c1nn(Cc2ccccc2Cl)c(N)c1Br. The standard InChI is InChI=1S/C13H15BrClN3/c1-8(2)12-11(14)13(16)18(17-12)7-9-5-3-4-6-10(9)15/h3-6,8H,7,16H2,1-2H3. The van der Waals surface area contributed by atoms with E-state index in [9.17, 15) is 0 Å². The Bertz CT molecular complexity index is 563. The van der Waals surface area contributed by atoms with E-state index in [-0.39, 0.29) is 0 Å². The van der Waals surface area contributed by atoms with Crippen LogP contribution in [0, 0.1) is 0 Å². The maximum absolute atomic E-state index is 6.14. The lowest BCUT2D eigenvalue weighted by Crippen LogP contribution is -2.06. The zero-order valence-electron chi connectivity index (χ0n) is 10.3. The van der Waals surface area contributed by atoms with E-state index in [1.165, 1.54) is 0 Å². The van der Waals surface area contributed by atoms with Gasteiger partial charge in [-0.05, 0) is 33.5 Å². The number of rotatable bonds is 3. The normalized spacial score (nSPS) is 11.2. The molecule has 1 aromatic heterocycles. The average Bonchev–Trinajstić information content (AvgIpc) is 2.60. The monoisotopic (exact) mass is 327 g/mol. The summed E-state index contributed by atoms with van der Waals surface area (Å²) in [5, 5.41) is 5.26. The van der Waals surface area contributed by atoms with Crippen molar-refractivity contribution in [1.82, 2.24) is 9.78 Å². The first-order valence-corrected chi connectivity index (χ1v) is 6.93. The van der Waals surface area contributed by atoms with Crippen LogP contribution in [-0.2, 0) is 6.54 Å². The fourth-order valence-electron chi connectivity index (χ4n) is 1.75. The molecule has 0 aliphatic carbocycles. The van der Waals surface area contributed by atoms with Gasteiger partial charge in [-0.3, -0.25) is 0 Å². The quantitative estimate of drug-likeness (QED) is 0.923. The van der Waals surface area contributed by atoms with Crippen molar-refractivity contribution in [2.24, 2.45) is 0 Å². The van der Waals surface area contributed by atoms with Crippen molar-refractivity contribution in [3.05, 3.63) is 45.0 Å². The fraction of sp³-hybridized carbons (Fsp3) is 0.308. The minimum atomic E-state index is 0.328. The Morgan fingerprint density at radius 3 is 2.61 bits per heavy atom. The molecule has 18 heavy (non-hydrogen) atoms. The number of halogens is 2. The zero-order valence-corrected chi connectivity index (χ0v) is 12.7. The van der Waals surface area contributed by atoms with Crippen LogP contribution < -0.4 is 5.73 Å². The van der Waals surface area contributed by atoms with Crippen molar-refractivity contribution >= 4 is 33.3 Å². The molecule has 5 heteroatoms. The highest BCUT2D eigenvalue weighted by Crippen LogP contribution is 2.30. The number of aromatic nitrogens is 2. The van der Waals surface area contributed by atoms with E-state index >= 15 is 0 Å². The average molecular weight is 329 g/mol. The Hall–Kier alpha value is -1.00. The van der Waals surface area contributed by atoms with Gasteiger partial charge < -0.3 is 5.73 Å². The Morgan fingerprint density at radius 1 is 1.39 bits per heavy atom. The number of hydrogen-bond acceptors (Lipinski definition) is 2. The summed E-state index contributed by atoms with van der Waals surface area (Å²) >= 11 is 9.63. The third-order valence-electron chi connectivity index (χ3n) is 2.78. The van der Waals surface area contributed by atoms with Gasteiger partial charge in [0.15, 0.2) is 0 Å². The van der Waals surface area contributed by atoms with Crippen LogP contribution >= 0.6 is 27.5 Å². The van der Waals surface area contributed by atoms with Crippen LogP contribution in [0.15, 0.2) is 28.7 Å². The van der Waals surface area contributed by atoms with Crippen LogP contribution in [0.2, 0.25) is 5.02 Å². The first-order chi connectivity index (χ1) is 8.50. The van der Waals surface area contributed by atoms with Crippen molar-refractivity contribution in [2.75, 3.05) is 5.73 Å². The summed E-state index contributed by atoms with van der Waals surface area (Å²) in [5.41, 5.74) is 8.03. The van der Waals surface area contributed by atoms with Gasteiger partial charge in [-0.1, -0.05) is 43.6 Å². The van der Waals surface area contributed by atoms with Crippen LogP contribution in [0.1, 0.15) is 31.0 Å². The minimum absolute atomic E-state index is 0.328. The maximum Gasteiger partial charge on any atom is 0.136 e. The molecule has 0 bridgehead atoms. The fourth-order valence-corrected chi connectivity index (χ4v) is 2.69.